The standard InChI is InChI=1S/C22H31FN4O2.HI/c1-13(2)26-21(28)15-6-5-7-17(10-15)27-22(24-4)25-12-20-14(3)18-11-16(23)8-9-19(18)29-20;/h8-9,11,13,15,17H,5-7,10,12H2,1-4H3,(H,26,28)(H2,24,25,27);1H. The Kier molecular flexibility index (Phi) is 8.93. The highest BCUT2D eigenvalue weighted by Gasteiger charge is 2.28. The molecule has 0 aliphatic heterocycles. The number of hydrogen-bond donors (Lipinski definition) is 3. The second kappa shape index (κ2) is 11.0. The van der Waals surface area contributed by atoms with Crippen LogP contribution in [0.2, 0.25) is 0 Å². The number of rotatable bonds is 5. The van der Waals surface area contributed by atoms with E-state index in [0.29, 0.717) is 18.1 Å². The topological polar surface area (TPSA) is 78.7 Å². The number of aliphatic imine (C=N–C) groups is 1. The molecule has 2 aromatic rings. The molecular formula is C22H32FIN4O2. The number of furan rings is 1. The van der Waals surface area contributed by atoms with E-state index in [1.54, 1.807) is 13.1 Å². The minimum Gasteiger partial charge on any atom is -0.459 e. The first-order valence-electron chi connectivity index (χ1n) is 10.3. The summed E-state index contributed by atoms with van der Waals surface area (Å²) >= 11 is 0. The van der Waals surface area contributed by atoms with Gasteiger partial charge in [-0.2, -0.15) is 0 Å². The average Bonchev–Trinajstić information content (AvgIpc) is 3.00. The zero-order chi connectivity index (χ0) is 21.0. The van der Waals surface area contributed by atoms with Crippen LogP contribution in [0.4, 0.5) is 4.39 Å². The highest BCUT2D eigenvalue weighted by atomic mass is 127. The Balaban J connectivity index is 0.00000320. The molecule has 1 heterocycles. The maximum Gasteiger partial charge on any atom is 0.223 e. The minimum absolute atomic E-state index is 0. The van der Waals surface area contributed by atoms with Crippen LogP contribution in [0.25, 0.3) is 11.0 Å². The highest BCUT2D eigenvalue weighted by molar-refractivity contribution is 14.0. The van der Waals surface area contributed by atoms with Crippen molar-refractivity contribution in [2.75, 3.05) is 7.05 Å². The lowest BCUT2D eigenvalue weighted by atomic mass is 9.85. The fourth-order valence-corrected chi connectivity index (χ4v) is 3.93. The first-order valence-corrected chi connectivity index (χ1v) is 10.3. The number of amides is 1. The van der Waals surface area contributed by atoms with E-state index in [2.05, 4.69) is 20.9 Å². The van der Waals surface area contributed by atoms with Crippen molar-refractivity contribution in [3.05, 3.63) is 35.3 Å². The molecule has 0 bridgehead atoms. The maximum atomic E-state index is 13.5. The molecule has 2 atom stereocenters. The fraction of sp³-hybridized carbons (Fsp3) is 0.545. The van der Waals surface area contributed by atoms with Crippen molar-refractivity contribution in [1.29, 1.82) is 0 Å². The normalized spacial score (nSPS) is 19.5. The van der Waals surface area contributed by atoms with Crippen molar-refractivity contribution in [1.82, 2.24) is 16.0 Å². The van der Waals surface area contributed by atoms with Gasteiger partial charge in [-0.3, -0.25) is 9.79 Å². The summed E-state index contributed by atoms with van der Waals surface area (Å²) < 4.78 is 19.4. The predicted molar refractivity (Wildman–Crippen MR) is 129 cm³/mol. The van der Waals surface area contributed by atoms with Gasteiger partial charge in [0.2, 0.25) is 5.91 Å². The summed E-state index contributed by atoms with van der Waals surface area (Å²) in [6, 6.07) is 4.90. The van der Waals surface area contributed by atoms with Gasteiger partial charge in [0.1, 0.15) is 17.2 Å². The van der Waals surface area contributed by atoms with Gasteiger partial charge in [0.25, 0.3) is 0 Å². The Morgan fingerprint density at radius 3 is 2.80 bits per heavy atom. The van der Waals surface area contributed by atoms with E-state index in [1.165, 1.54) is 12.1 Å². The summed E-state index contributed by atoms with van der Waals surface area (Å²) in [7, 11) is 1.72. The lowest BCUT2D eigenvalue weighted by Crippen LogP contribution is -2.47. The molecule has 1 amide bonds. The number of halogens is 2. The summed E-state index contributed by atoms with van der Waals surface area (Å²) in [5.41, 5.74) is 1.60. The molecule has 0 spiro atoms. The average molecular weight is 530 g/mol. The van der Waals surface area contributed by atoms with Gasteiger partial charge in [-0.25, -0.2) is 4.39 Å². The van der Waals surface area contributed by atoms with Crippen molar-refractivity contribution >= 4 is 46.8 Å². The molecule has 166 valence electrons. The Bertz CT molecular complexity index is 897. The van der Waals surface area contributed by atoms with Gasteiger partial charge < -0.3 is 20.4 Å². The number of carbonyl (C=O) groups is 1. The monoisotopic (exact) mass is 530 g/mol. The van der Waals surface area contributed by atoms with Crippen LogP contribution in [0, 0.1) is 18.7 Å². The van der Waals surface area contributed by atoms with Gasteiger partial charge in [-0.15, -0.1) is 24.0 Å². The van der Waals surface area contributed by atoms with Crippen molar-refractivity contribution in [3.63, 3.8) is 0 Å². The number of carbonyl (C=O) groups excluding carboxylic acids is 1. The van der Waals surface area contributed by atoms with Gasteiger partial charge in [0.15, 0.2) is 5.96 Å². The number of nitrogens with zero attached hydrogens (tertiary/aromatic N) is 1. The van der Waals surface area contributed by atoms with Crippen LogP contribution in [-0.4, -0.2) is 31.0 Å². The smallest absolute Gasteiger partial charge is 0.223 e. The van der Waals surface area contributed by atoms with Crippen LogP contribution in [-0.2, 0) is 11.3 Å². The van der Waals surface area contributed by atoms with Crippen LogP contribution in [0.3, 0.4) is 0 Å². The van der Waals surface area contributed by atoms with Crippen LogP contribution in [0.15, 0.2) is 27.6 Å². The van der Waals surface area contributed by atoms with Gasteiger partial charge in [-0.1, -0.05) is 6.42 Å². The van der Waals surface area contributed by atoms with Crippen molar-refractivity contribution in [2.45, 2.75) is 65.1 Å². The zero-order valence-electron chi connectivity index (χ0n) is 18.0. The summed E-state index contributed by atoms with van der Waals surface area (Å²) in [4.78, 5) is 16.6. The summed E-state index contributed by atoms with van der Waals surface area (Å²) in [6.07, 6.45) is 3.74. The summed E-state index contributed by atoms with van der Waals surface area (Å²) in [5, 5.41) is 10.5. The van der Waals surface area contributed by atoms with Crippen molar-refractivity contribution in [3.8, 4) is 0 Å². The van der Waals surface area contributed by atoms with Crippen LogP contribution >= 0.6 is 24.0 Å². The van der Waals surface area contributed by atoms with E-state index in [4.69, 9.17) is 4.42 Å². The molecule has 1 aliphatic carbocycles. The Labute approximate surface area is 194 Å². The molecule has 1 fully saturated rings. The molecule has 1 aliphatic rings. The molecule has 30 heavy (non-hydrogen) atoms. The zero-order valence-corrected chi connectivity index (χ0v) is 20.4. The van der Waals surface area contributed by atoms with Gasteiger partial charge in [0, 0.05) is 36.0 Å². The molecule has 3 rings (SSSR count). The molecule has 1 aromatic heterocycles. The molecular weight excluding hydrogens is 498 g/mol. The Morgan fingerprint density at radius 2 is 2.10 bits per heavy atom. The van der Waals surface area contributed by atoms with E-state index in [-0.39, 0.29) is 53.7 Å². The third-order valence-electron chi connectivity index (χ3n) is 5.45. The number of hydrogen-bond acceptors (Lipinski definition) is 3. The minimum atomic E-state index is -0.272. The third kappa shape index (κ3) is 6.09. The largest absolute Gasteiger partial charge is 0.459 e. The van der Waals surface area contributed by atoms with Crippen molar-refractivity contribution < 1.29 is 13.6 Å². The summed E-state index contributed by atoms with van der Waals surface area (Å²) in [6.45, 7) is 6.34. The number of benzene rings is 1. The molecule has 1 aromatic carbocycles. The fourth-order valence-electron chi connectivity index (χ4n) is 3.93. The van der Waals surface area contributed by atoms with Crippen molar-refractivity contribution in [2.24, 2.45) is 10.9 Å². The second-order valence-corrected chi connectivity index (χ2v) is 8.08. The number of nitrogens with one attached hydrogen (secondary N) is 3. The van der Waals surface area contributed by atoms with E-state index >= 15 is 0 Å². The number of fused-ring (bicyclic) bond motifs is 1. The molecule has 6 nitrogen and oxygen atoms in total. The van der Waals surface area contributed by atoms with Gasteiger partial charge >= 0.3 is 0 Å². The van der Waals surface area contributed by atoms with E-state index in [0.717, 1.165) is 42.4 Å². The van der Waals surface area contributed by atoms with E-state index in [9.17, 15) is 9.18 Å². The highest BCUT2D eigenvalue weighted by Crippen LogP contribution is 2.26. The molecule has 8 heteroatoms. The van der Waals surface area contributed by atoms with Crippen LogP contribution in [0.5, 0.6) is 0 Å². The Hall–Kier alpha value is -1.84. The maximum absolute atomic E-state index is 13.5. The Morgan fingerprint density at radius 1 is 1.33 bits per heavy atom. The molecule has 0 radical (unpaired) electrons. The van der Waals surface area contributed by atoms with E-state index in [1.807, 2.05) is 20.8 Å². The molecule has 0 saturated heterocycles. The molecule has 2 unspecified atom stereocenters. The molecule has 1 saturated carbocycles. The lowest BCUT2D eigenvalue weighted by molar-refractivity contribution is -0.126. The quantitative estimate of drug-likeness (QED) is 0.307. The lowest BCUT2D eigenvalue weighted by Gasteiger charge is -2.30. The first kappa shape index (κ1) is 24.4. The van der Waals surface area contributed by atoms with Crippen LogP contribution in [0.1, 0.15) is 50.9 Å². The van der Waals surface area contributed by atoms with Gasteiger partial charge in [-0.05, 0) is 58.2 Å². The van der Waals surface area contributed by atoms with Crippen LogP contribution < -0.4 is 16.0 Å². The first-order chi connectivity index (χ1) is 13.9. The predicted octanol–water partition coefficient (Wildman–Crippen LogP) is 4.25. The number of guanidine groups is 1. The van der Waals surface area contributed by atoms with E-state index < -0.39 is 0 Å². The second-order valence-electron chi connectivity index (χ2n) is 8.08. The van der Waals surface area contributed by atoms with Gasteiger partial charge in [0.05, 0.1) is 6.54 Å². The summed E-state index contributed by atoms with van der Waals surface area (Å²) in [5.74, 6) is 1.33. The molecule has 3 N–H and O–H groups in total. The third-order valence-corrected chi connectivity index (χ3v) is 5.45. The number of aryl methyl sites for hydroxylation is 1. The SMILES string of the molecule is CN=C(NCc1oc2ccc(F)cc2c1C)NC1CCCC(C(=O)NC(C)C)C1.I.